The zero-order chi connectivity index (χ0) is 13.0. The Kier molecular flexibility index (Phi) is 4.07. The minimum Gasteiger partial charge on any atom is -0.465 e. The van der Waals surface area contributed by atoms with Crippen LogP contribution in [0.25, 0.3) is 0 Å². The molecule has 98 valence electrons. The van der Waals surface area contributed by atoms with Crippen LogP contribution in [0.2, 0.25) is 0 Å². The molecule has 1 aliphatic carbocycles. The summed E-state index contributed by atoms with van der Waals surface area (Å²) >= 11 is 0. The maximum Gasteiger partial charge on any atom is 0.337 e. The first-order valence-corrected chi connectivity index (χ1v) is 6.42. The highest BCUT2D eigenvalue weighted by Crippen LogP contribution is 2.29. The lowest BCUT2D eigenvalue weighted by Gasteiger charge is -2.25. The quantitative estimate of drug-likeness (QED) is 0.621. The van der Waals surface area contributed by atoms with Crippen LogP contribution in [-0.2, 0) is 4.74 Å². The van der Waals surface area contributed by atoms with E-state index in [1.54, 1.807) is 12.1 Å². The number of carbonyl (C=O) groups is 1. The Hall–Kier alpha value is -1.71. The van der Waals surface area contributed by atoms with Crippen molar-refractivity contribution in [2.45, 2.75) is 25.7 Å². The van der Waals surface area contributed by atoms with Crippen molar-refractivity contribution in [3.05, 3.63) is 23.8 Å². The Bertz CT molecular complexity index is 428. The molecule has 1 aromatic carbocycles. The second-order valence-electron chi connectivity index (χ2n) is 4.81. The van der Waals surface area contributed by atoms with Crippen LogP contribution in [0.15, 0.2) is 18.2 Å². The van der Waals surface area contributed by atoms with Gasteiger partial charge in [0.05, 0.1) is 24.0 Å². The van der Waals surface area contributed by atoms with E-state index in [0.717, 1.165) is 18.2 Å². The number of nitrogens with one attached hydrogen (secondary N) is 1. The average Bonchev–Trinajstić information content (AvgIpc) is 2.32. The summed E-state index contributed by atoms with van der Waals surface area (Å²) in [5.41, 5.74) is 7.87. The SMILES string of the molecule is COC(=O)c1ccc(NCCC2CCC2)c(N)c1. The van der Waals surface area contributed by atoms with E-state index in [9.17, 15) is 4.79 Å². The maximum absolute atomic E-state index is 11.3. The van der Waals surface area contributed by atoms with Crippen LogP contribution < -0.4 is 11.1 Å². The number of methoxy groups -OCH3 is 1. The van der Waals surface area contributed by atoms with E-state index in [1.807, 2.05) is 6.07 Å². The van der Waals surface area contributed by atoms with E-state index in [-0.39, 0.29) is 5.97 Å². The van der Waals surface area contributed by atoms with Gasteiger partial charge in [-0.2, -0.15) is 0 Å². The van der Waals surface area contributed by atoms with E-state index < -0.39 is 0 Å². The van der Waals surface area contributed by atoms with Gasteiger partial charge in [0.1, 0.15) is 0 Å². The summed E-state index contributed by atoms with van der Waals surface area (Å²) in [6, 6.07) is 5.22. The molecule has 1 saturated carbocycles. The van der Waals surface area contributed by atoms with E-state index in [2.05, 4.69) is 10.1 Å². The van der Waals surface area contributed by atoms with Crippen molar-refractivity contribution in [2.24, 2.45) is 5.92 Å². The monoisotopic (exact) mass is 248 g/mol. The molecule has 0 aliphatic heterocycles. The Morgan fingerprint density at radius 3 is 2.83 bits per heavy atom. The van der Waals surface area contributed by atoms with Crippen LogP contribution in [0.3, 0.4) is 0 Å². The molecule has 0 radical (unpaired) electrons. The van der Waals surface area contributed by atoms with E-state index >= 15 is 0 Å². The smallest absolute Gasteiger partial charge is 0.337 e. The number of esters is 1. The molecule has 0 spiro atoms. The number of ether oxygens (including phenoxy) is 1. The highest BCUT2D eigenvalue weighted by molar-refractivity contribution is 5.91. The van der Waals surface area contributed by atoms with Gasteiger partial charge in [0.25, 0.3) is 0 Å². The van der Waals surface area contributed by atoms with Gasteiger partial charge in [0.2, 0.25) is 0 Å². The van der Waals surface area contributed by atoms with Crippen LogP contribution in [-0.4, -0.2) is 19.6 Å². The minimum absolute atomic E-state index is 0.359. The molecule has 1 fully saturated rings. The summed E-state index contributed by atoms with van der Waals surface area (Å²) in [4.78, 5) is 11.3. The third-order valence-corrected chi connectivity index (χ3v) is 3.57. The van der Waals surface area contributed by atoms with Gasteiger partial charge in [-0.15, -0.1) is 0 Å². The minimum atomic E-state index is -0.359. The highest BCUT2D eigenvalue weighted by atomic mass is 16.5. The van der Waals surface area contributed by atoms with Crippen molar-refractivity contribution >= 4 is 17.3 Å². The Balaban J connectivity index is 1.89. The topological polar surface area (TPSA) is 64.3 Å². The van der Waals surface area contributed by atoms with Crippen molar-refractivity contribution < 1.29 is 9.53 Å². The zero-order valence-electron chi connectivity index (χ0n) is 10.7. The standard InChI is InChI=1S/C14H20N2O2/c1-18-14(17)11-5-6-13(12(15)9-11)16-8-7-10-3-2-4-10/h5-6,9-10,16H,2-4,7-8,15H2,1H3. The molecule has 0 bridgehead atoms. The number of nitrogen functional groups attached to an aromatic ring is 1. The van der Waals surface area contributed by atoms with Gasteiger partial charge in [-0.1, -0.05) is 19.3 Å². The predicted molar refractivity (Wildman–Crippen MR) is 72.6 cm³/mol. The van der Waals surface area contributed by atoms with Gasteiger partial charge in [-0.25, -0.2) is 4.79 Å². The van der Waals surface area contributed by atoms with E-state index in [0.29, 0.717) is 11.3 Å². The summed E-state index contributed by atoms with van der Waals surface area (Å²) in [5.74, 6) is 0.524. The zero-order valence-corrected chi connectivity index (χ0v) is 10.7. The summed E-state index contributed by atoms with van der Waals surface area (Å²) in [6.07, 6.45) is 5.29. The van der Waals surface area contributed by atoms with Crippen molar-refractivity contribution in [2.75, 3.05) is 24.7 Å². The number of hydrogen-bond donors (Lipinski definition) is 2. The molecular formula is C14H20N2O2. The molecule has 0 unspecified atom stereocenters. The van der Waals surface area contributed by atoms with Crippen LogP contribution >= 0.6 is 0 Å². The first-order valence-electron chi connectivity index (χ1n) is 6.42. The largest absolute Gasteiger partial charge is 0.465 e. The van der Waals surface area contributed by atoms with Gasteiger partial charge in [0.15, 0.2) is 0 Å². The molecule has 2 rings (SSSR count). The summed E-state index contributed by atoms with van der Waals surface area (Å²) < 4.78 is 4.65. The number of carbonyl (C=O) groups excluding carboxylic acids is 1. The first kappa shape index (κ1) is 12.7. The average molecular weight is 248 g/mol. The summed E-state index contributed by atoms with van der Waals surface area (Å²) in [6.45, 7) is 0.937. The van der Waals surface area contributed by atoms with Gasteiger partial charge in [0, 0.05) is 6.54 Å². The summed E-state index contributed by atoms with van der Waals surface area (Å²) in [5, 5.41) is 3.32. The lowest BCUT2D eigenvalue weighted by atomic mass is 9.83. The second kappa shape index (κ2) is 5.76. The maximum atomic E-state index is 11.3. The number of benzene rings is 1. The molecule has 4 nitrogen and oxygen atoms in total. The van der Waals surface area contributed by atoms with Crippen molar-refractivity contribution in [1.82, 2.24) is 0 Å². The van der Waals surface area contributed by atoms with Gasteiger partial charge in [-0.05, 0) is 30.5 Å². The predicted octanol–water partition coefficient (Wildman–Crippen LogP) is 2.66. The Labute approximate surface area is 108 Å². The fourth-order valence-corrected chi connectivity index (χ4v) is 2.16. The van der Waals surface area contributed by atoms with Crippen molar-refractivity contribution in [1.29, 1.82) is 0 Å². The summed E-state index contributed by atoms with van der Waals surface area (Å²) in [7, 11) is 1.36. The fourth-order valence-electron chi connectivity index (χ4n) is 2.16. The molecule has 0 saturated heterocycles. The number of nitrogens with two attached hydrogens (primary N) is 1. The molecule has 0 amide bonds. The van der Waals surface area contributed by atoms with Crippen LogP contribution in [0.5, 0.6) is 0 Å². The molecular weight excluding hydrogens is 228 g/mol. The third-order valence-electron chi connectivity index (χ3n) is 3.57. The van der Waals surface area contributed by atoms with Crippen LogP contribution in [0, 0.1) is 5.92 Å². The fraction of sp³-hybridized carbons (Fsp3) is 0.500. The third kappa shape index (κ3) is 2.94. The van der Waals surface area contributed by atoms with Crippen LogP contribution in [0.1, 0.15) is 36.0 Å². The molecule has 1 aromatic rings. The molecule has 3 N–H and O–H groups in total. The molecule has 0 aromatic heterocycles. The van der Waals surface area contributed by atoms with E-state index in [4.69, 9.17) is 5.73 Å². The first-order chi connectivity index (χ1) is 8.70. The number of hydrogen-bond acceptors (Lipinski definition) is 4. The Morgan fingerprint density at radius 2 is 2.28 bits per heavy atom. The molecule has 4 heteroatoms. The molecule has 0 atom stereocenters. The molecule has 18 heavy (non-hydrogen) atoms. The normalized spacial score (nSPS) is 14.9. The highest BCUT2D eigenvalue weighted by Gasteiger charge is 2.16. The van der Waals surface area contributed by atoms with Gasteiger partial charge in [-0.3, -0.25) is 0 Å². The van der Waals surface area contributed by atoms with Crippen LogP contribution in [0.4, 0.5) is 11.4 Å². The molecule has 1 aliphatic rings. The lowest BCUT2D eigenvalue weighted by Crippen LogP contribution is -2.16. The number of anilines is 2. The van der Waals surface area contributed by atoms with Crippen molar-refractivity contribution in [3.8, 4) is 0 Å². The van der Waals surface area contributed by atoms with E-state index in [1.165, 1.54) is 32.8 Å². The van der Waals surface area contributed by atoms with Gasteiger partial charge < -0.3 is 15.8 Å². The second-order valence-corrected chi connectivity index (χ2v) is 4.81. The van der Waals surface area contributed by atoms with Crippen molar-refractivity contribution in [3.63, 3.8) is 0 Å². The molecule has 0 heterocycles. The lowest BCUT2D eigenvalue weighted by molar-refractivity contribution is 0.0601. The van der Waals surface area contributed by atoms with Gasteiger partial charge >= 0.3 is 5.97 Å². The number of rotatable bonds is 5. The Morgan fingerprint density at radius 1 is 1.50 bits per heavy atom.